The van der Waals surface area contributed by atoms with E-state index in [1.54, 1.807) is 24.5 Å². The maximum absolute atomic E-state index is 12.5. The molecule has 0 radical (unpaired) electrons. The van der Waals surface area contributed by atoms with Crippen LogP contribution >= 0.6 is 0 Å². The summed E-state index contributed by atoms with van der Waals surface area (Å²) in [6, 6.07) is 15.2. The van der Waals surface area contributed by atoms with Crippen molar-refractivity contribution >= 4 is 11.9 Å². The van der Waals surface area contributed by atoms with Crippen molar-refractivity contribution in [2.45, 2.75) is 24.6 Å². The highest BCUT2D eigenvalue weighted by Gasteiger charge is 2.40. The van der Waals surface area contributed by atoms with Gasteiger partial charge in [0.05, 0.1) is 5.69 Å². The van der Waals surface area contributed by atoms with E-state index < -0.39 is 17.7 Å². The molecule has 8 nitrogen and oxygen atoms in total. The van der Waals surface area contributed by atoms with Crippen molar-refractivity contribution in [3.63, 3.8) is 0 Å². The number of hydrogen-bond acceptors (Lipinski definition) is 5. The third-order valence-corrected chi connectivity index (χ3v) is 4.60. The molecule has 1 aromatic carbocycles. The SMILES string of the molecule is O=C(N[C@H]1C[C@@H]1c1ccccc1)c1cc(-c2ccncc2)n[nH]c1=O.O=C(O)C(F)(F)F. The van der Waals surface area contributed by atoms with Gasteiger partial charge in [-0.05, 0) is 30.2 Å². The Kier molecular flexibility index (Phi) is 6.67. The minimum absolute atomic E-state index is 0.0619. The second-order valence-electron chi connectivity index (χ2n) is 6.87. The number of rotatable bonds is 4. The topological polar surface area (TPSA) is 125 Å². The summed E-state index contributed by atoms with van der Waals surface area (Å²) in [4.78, 5) is 37.4. The van der Waals surface area contributed by atoms with Crippen molar-refractivity contribution in [1.29, 1.82) is 0 Å². The van der Waals surface area contributed by atoms with Crippen molar-refractivity contribution < 1.29 is 27.9 Å². The Balaban J connectivity index is 0.000000360. The number of H-pyrrole nitrogens is 1. The van der Waals surface area contributed by atoms with Gasteiger partial charge in [0.1, 0.15) is 5.56 Å². The largest absolute Gasteiger partial charge is 0.490 e. The third kappa shape index (κ3) is 5.78. The summed E-state index contributed by atoms with van der Waals surface area (Å²) in [6.45, 7) is 0. The van der Waals surface area contributed by atoms with E-state index in [1.807, 2.05) is 18.2 Å². The van der Waals surface area contributed by atoms with Crippen LogP contribution in [0.2, 0.25) is 0 Å². The van der Waals surface area contributed by atoms with Crippen LogP contribution in [0.5, 0.6) is 0 Å². The monoisotopic (exact) mass is 446 g/mol. The summed E-state index contributed by atoms with van der Waals surface area (Å²) in [6.07, 6.45) is -0.928. The first-order valence-corrected chi connectivity index (χ1v) is 9.33. The van der Waals surface area contributed by atoms with E-state index in [4.69, 9.17) is 9.90 Å². The van der Waals surface area contributed by atoms with Crippen molar-refractivity contribution in [3.8, 4) is 11.3 Å². The molecule has 32 heavy (non-hydrogen) atoms. The minimum Gasteiger partial charge on any atom is -0.475 e. The lowest BCUT2D eigenvalue weighted by atomic mass is 10.1. The number of nitrogens with one attached hydrogen (secondary N) is 2. The van der Waals surface area contributed by atoms with E-state index in [0.717, 1.165) is 12.0 Å². The minimum atomic E-state index is -5.08. The summed E-state index contributed by atoms with van der Waals surface area (Å²) in [7, 11) is 0. The van der Waals surface area contributed by atoms with Gasteiger partial charge in [-0.15, -0.1) is 0 Å². The highest BCUT2D eigenvalue weighted by atomic mass is 19.4. The number of carbonyl (C=O) groups is 2. The van der Waals surface area contributed by atoms with Gasteiger partial charge in [-0.2, -0.15) is 18.3 Å². The molecule has 0 saturated heterocycles. The number of halogens is 3. The van der Waals surface area contributed by atoms with E-state index in [0.29, 0.717) is 11.6 Å². The second kappa shape index (κ2) is 9.41. The molecule has 0 bridgehead atoms. The zero-order chi connectivity index (χ0) is 23.3. The number of alkyl halides is 3. The van der Waals surface area contributed by atoms with Gasteiger partial charge < -0.3 is 10.4 Å². The predicted octanol–water partition coefficient (Wildman–Crippen LogP) is 2.75. The first-order valence-electron chi connectivity index (χ1n) is 9.33. The highest BCUT2D eigenvalue weighted by molar-refractivity contribution is 5.95. The lowest BCUT2D eigenvalue weighted by Crippen LogP contribution is -2.32. The Bertz CT molecular complexity index is 1150. The molecule has 0 unspecified atom stereocenters. The van der Waals surface area contributed by atoms with Crippen molar-refractivity contribution in [2.24, 2.45) is 0 Å². The van der Waals surface area contributed by atoms with Gasteiger partial charge in [0.2, 0.25) is 0 Å². The highest BCUT2D eigenvalue weighted by Crippen LogP contribution is 2.40. The second-order valence-corrected chi connectivity index (χ2v) is 6.87. The van der Waals surface area contributed by atoms with Crippen LogP contribution in [0, 0.1) is 0 Å². The van der Waals surface area contributed by atoms with Crippen molar-refractivity contribution in [3.05, 3.63) is 82.4 Å². The van der Waals surface area contributed by atoms with Crippen LogP contribution in [0.15, 0.2) is 65.7 Å². The van der Waals surface area contributed by atoms with Gasteiger partial charge in [-0.3, -0.25) is 14.6 Å². The fraction of sp³-hybridized carbons (Fsp3) is 0.190. The molecule has 2 heterocycles. The zero-order valence-electron chi connectivity index (χ0n) is 16.3. The van der Waals surface area contributed by atoms with Crippen LogP contribution in [0.25, 0.3) is 11.3 Å². The molecule has 2 atom stereocenters. The number of nitrogens with zero attached hydrogens (tertiary/aromatic N) is 2. The quantitative estimate of drug-likeness (QED) is 0.566. The Morgan fingerprint density at radius 2 is 1.72 bits per heavy atom. The van der Waals surface area contributed by atoms with Gasteiger partial charge >= 0.3 is 12.1 Å². The molecular formula is C21H17F3N4O4. The van der Waals surface area contributed by atoms with E-state index in [9.17, 15) is 22.8 Å². The number of hydrogen-bond donors (Lipinski definition) is 3. The number of benzene rings is 1. The van der Waals surface area contributed by atoms with Crippen molar-refractivity contribution in [2.75, 3.05) is 0 Å². The number of aromatic amines is 1. The van der Waals surface area contributed by atoms with Gasteiger partial charge in [-0.25, -0.2) is 9.89 Å². The molecule has 0 aliphatic heterocycles. The fourth-order valence-corrected chi connectivity index (χ4v) is 2.91. The maximum atomic E-state index is 12.5. The molecule has 4 rings (SSSR count). The molecule has 1 saturated carbocycles. The van der Waals surface area contributed by atoms with Crippen LogP contribution in [0.3, 0.4) is 0 Å². The Morgan fingerprint density at radius 1 is 1.09 bits per heavy atom. The lowest BCUT2D eigenvalue weighted by molar-refractivity contribution is -0.192. The van der Waals surface area contributed by atoms with Crippen molar-refractivity contribution in [1.82, 2.24) is 20.5 Å². The van der Waals surface area contributed by atoms with Crippen LogP contribution in [-0.2, 0) is 4.79 Å². The fourth-order valence-electron chi connectivity index (χ4n) is 2.91. The van der Waals surface area contributed by atoms with E-state index in [-0.39, 0.29) is 17.5 Å². The van der Waals surface area contributed by atoms with Gasteiger partial charge in [-0.1, -0.05) is 30.3 Å². The summed E-state index contributed by atoms with van der Waals surface area (Å²) < 4.78 is 31.7. The normalized spacial score (nSPS) is 17.0. The smallest absolute Gasteiger partial charge is 0.475 e. The molecule has 166 valence electrons. The predicted molar refractivity (Wildman–Crippen MR) is 107 cm³/mol. The summed E-state index contributed by atoms with van der Waals surface area (Å²) >= 11 is 0. The first-order chi connectivity index (χ1) is 15.2. The molecule has 11 heteroatoms. The maximum Gasteiger partial charge on any atom is 0.490 e. The summed E-state index contributed by atoms with van der Waals surface area (Å²) in [5.74, 6) is -2.82. The molecule has 1 fully saturated rings. The number of carboxylic acids is 1. The van der Waals surface area contributed by atoms with Crippen LogP contribution in [0.1, 0.15) is 28.3 Å². The van der Waals surface area contributed by atoms with Gasteiger partial charge in [0.25, 0.3) is 11.5 Å². The van der Waals surface area contributed by atoms with Crippen LogP contribution in [0.4, 0.5) is 13.2 Å². The first kappa shape index (κ1) is 22.7. The number of carboxylic acid groups (broad SMARTS) is 1. The zero-order valence-corrected chi connectivity index (χ0v) is 16.3. The number of carbonyl (C=O) groups excluding carboxylic acids is 1. The molecule has 0 spiro atoms. The van der Waals surface area contributed by atoms with E-state index >= 15 is 0 Å². The standard InChI is InChI=1S/C19H16N4O2.C2HF3O2/c24-18(21-17-10-14(17)12-4-2-1-3-5-12)15-11-16(22-23-19(15)25)13-6-8-20-9-7-13;3-2(4,5)1(6)7/h1-9,11,14,17H,10H2,(H,21,24)(H,23,25);(H,6,7)/t14-,17+;/m1./s1. The average Bonchev–Trinajstić information content (AvgIpc) is 3.54. The number of amides is 1. The molecule has 1 aliphatic rings. The number of aliphatic carboxylic acids is 1. The number of aromatic nitrogens is 3. The molecule has 3 N–H and O–H groups in total. The number of pyridine rings is 1. The molecule has 2 aromatic heterocycles. The molecular weight excluding hydrogens is 429 g/mol. The Hall–Kier alpha value is -4.02. The van der Waals surface area contributed by atoms with E-state index in [1.165, 1.54) is 11.6 Å². The van der Waals surface area contributed by atoms with Gasteiger partial charge in [0, 0.05) is 29.9 Å². The molecule has 3 aromatic rings. The summed E-state index contributed by atoms with van der Waals surface area (Å²) in [5.41, 5.74) is 2.10. The lowest BCUT2D eigenvalue weighted by Gasteiger charge is -2.06. The third-order valence-electron chi connectivity index (χ3n) is 4.60. The summed E-state index contributed by atoms with van der Waals surface area (Å²) in [5, 5.41) is 16.5. The Labute approximate surface area is 179 Å². The molecule has 1 amide bonds. The van der Waals surface area contributed by atoms with Crippen LogP contribution in [-0.4, -0.2) is 44.4 Å². The van der Waals surface area contributed by atoms with E-state index in [2.05, 4.69) is 32.6 Å². The average molecular weight is 446 g/mol. The van der Waals surface area contributed by atoms with Gasteiger partial charge in [0.15, 0.2) is 0 Å². The molecule has 1 aliphatic carbocycles. The van der Waals surface area contributed by atoms with Crippen LogP contribution < -0.4 is 10.9 Å². The Morgan fingerprint density at radius 3 is 2.31 bits per heavy atom.